The molecule has 3 atom stereocenters. The van der Waals surface area contributed by atoms with Gasteiger partial charge in [0.05, 0.1) is 0 Å². The molecule has 0 spiro atoms. The summed E-state index contributed by atoms with van der Waals surface area (Å²) in [4.78, 5) is 0. The summed E-state index contributed by atoms with van der Waals surface area (Å²) in [5, 5.41) is 4.08. The van der Waals surface area contributed by atoms with Crippen LogP contribution in [0.15, 0.2) is 0 Å². The first-order chi connectivity index (χ1) is 8.02. The van der Waals surface area contributed by atoms with Gasteiger partial charge in [-0.3, -0.25) is 0 Å². The second kappa shape index (κ2) is 3.98. The van der Waals surface area contributed by atoms with E-state index >= 15 is 0 Å². The molecule has 0 amide bonds. The summed E-state index contributed by atoms with van der Waals surface area (Å²) in [6.45, 7) is 7.58. The van der Waals surface area contributed by atoms with Gasteiger partial charge in [0, 0.05) is 12.1 Å². The molecule has 2 bridgehead atoms. The van der Waals surface area contributed by atoms with Gasteiger partial charge >= 0.3 is 0 Å². The van der Waals surface area contributed by atoms with E-state index in [9.17, 15) is 0 Å². The van der Waals surface area contributed by atoms with Crippen molar-refractivity contribution < 1.29 is 0 Å². The average molecular weight is 235 g/mol. The zero-order valence-electron chi connectivity index (χ0n) is 11.9. The molecule has 3 saturated carbocycles. The lowest BCUT2D eigenvalue weighted by Crippen LogP contribution is -2.54. The first-order valence-electron chi connectivity index (χ1n) is 7.78. The maximum Gasteiger partial charge on any atom is 0.0177 e. The van der Waals surface area contributed by atoms with Crippen molar-refractivity contribution in [2.24, 2.45) is 16.7 Å². The first-order valence-corrected chi connectivity index (χ1v) is 7.78. The van der Waals surface area contributed by atoms with Gasteiger partial charge in [0.25, 0.3) is 0 Å². The van der Waals surface area contributed by atoms with E-state index in [1.807, 2.05) is 0 Å². The van der Waals surface area contributed by atoms with Crippen molar-refractivity contribution in [1.82, 2.24) is 5.32 Å². The monoisotopic (exact) mass is 235 g/mol. The second-order valence-corrected chi connectivity index (χ2v) is 7.85. The second-order valence-electron chi connectivity index (χ2n) is 7.85. The van der Waals surface area contributed by atoms with Crippen LogP contribution in [-0.4, -0.2) is 12.1 Å². The third kappa shape index (κ3) is 1.85. The van der Waals surface area contributed by atoms with Crippen LogP contribution < -0.4 is 5.32 Å². The summed E-state index contributed by atoms with van der Waals surface area (Å²) in [6.07, 6.45) is 11.6. The minimum Gasteiger partial charge on any atom is -0.310 e. The molecule has 1 nitrogen and oxygen atoms in total. The third-order valence-corrected chi connectivity index (χ3v) is 6.28. The van der Waals surface area contributed by atoms with Crippen molar-refractivity contribution in [3.63, 3.8) is 0 Å². The van der Waals surface area contributed by atoms with E-state index in [4.69, 9.17) is 0 Å². The van der Waals surface area contributed by atoms with Gasteiger partial charge in [0.15, 0.2) is 0 Å². The Bertz CT molecular complexity index is 285. The zero-order chi connectivity index (χ0) is 12.1. The standard InChI is InChI=1S/C16H29N/c1-15(2)12-9-10-16(3,11-12)14(15)17-13-7-5-4-6-8-13/h12-14,17H,4-11H2,1-3H3. The Morgan fingerprint density at radius 1 is 0.941 bits per heavy atom. The SMILES string of the molecule is CC12CCC(C1)C(C)(C)C2NC1CCCCC1. The van der Waals surface area contributed by atoms with Gasteiger partial charge in [-0.05, 0) is 48.9 Å². The van der Waals surface area contributed by atoms with Crippen LogP contribution in [-0.2, 0) is 0 Å². The van der Waals surface area contributed by atoms with Gasteiger partial charge in [-0.25, -0.2) is 0 Å². The minimum atomic E-state index is 0.532. The summed E-state index contributed by atoms with van der Waals surface area (Å²) in [7, 11) is 0. The van der Waals surface area contributed by atoms with Crippen LogP contribution in [0.5, 0.6) is 0 Å². The highest BCUT2D eigenvalue weighted by atomic mass is 15.0. The van der Waals surface area contributed by atoms with Crippen molar-refractivity contribution in [3.05, 3.63) is 0 Å². The lowest BCUT2D eigenvalue weighted by molar-refractivity contribution is 0.0925. The Morgan fingerprint density at radius 2 is 1.65 bits per heavy atom. The molecule has 0 saturated heterocycles. The van der Waals surface area contributed by atoms with Crippen LogP contribution in [0, 0.1) is 16.7 Å². The molecule has 3 fully saturated rings. The molecule has 17 heavy (non-hydrogen) atoms. The molecule has 1 N–H and O–H groups in total. The molecular formula is C16H29N. The van der Waals surface area contributed by atoms with Gasteiger partial charge in [0.1, 0.15) is 0 Å². The van der Waals surface area contributed by atoms with Gasteiger partial charge in [-0.15, -0.1) is 0 Å². The van der Waals surface area contributed by atoms with E-state index < -0.39 is 0 Å². The summed E-state index contributed by atoms with van der Waals surface area (Å²) in [6, 6.07) is 1.60. The number of hydrogen-bond acceptors (Lipinski definition) is 1. The highest BCUT2D eigenvalue weighted by molar-refractivity contribution is 5.12. The molecule has 0 heterocycles. The largest absolute Gasteiger partial charge is 0.310 e. The van der Waals surface area contributed by atoms with E-state index in [2.05, 4.69) is 26.1 Å². The summed E-state index contributed by atoms with van der Waals surface area (Å²) in [5.41, 5.74) is 1.13. The Kier molecular flexibility index (Phi) is 2.81. The van der Waals surface area contributed by atoms with Crippen molar-refractivity contribution >= 4 is 0 Å². The van der Waals surface area contributed by atoms with Crippen LogP contribution >= 0.6 is 0 Å². The predicted molar refractivity (Wildman–Crippen MR) is 73.0 cm³/mol. The lowest BCUT2D eigenvalue weighted by atomic mass is 9.68. The zero-order valence-corrected chi connectivity index (χ0v) is 11.9. The van der Waals surface area contributed by atoms with Gasteiger partial charge in [-0.1, -0.05) is 40.0 Å². The molecule has 0 aliphatic heterocycles. The Hall–Kier alpha value is -0.0400. The van der Waals surface area contributed by atoms with Gasteiger partial charge < -0.3 is 5.32 Å². The van der Waals surface area contributed by atoms with E-state index in [0.717, 1.165) is 18.0 Å². The quantitative estimate of drug-likeness (QED) is 0.759. The van der Waals surface area contributed by atoms with Crippen LogP contribution in [0.1, 0.15) is 72.1 Å². The summed E-state index contributed by atoms with van der Waals surface area (Å²) < 4.78 is 0. The molecule has 0 aromatic heterocycles. The fourth-order valence-electron chi connectivity index (χ4n) is 5.22. The predicted octanol–water partition coefficient (Wildman–Crippen LogP) is 4.12. The third-order valence-electron chi connectivity index (χ3n) is 6.28. The number of rotatable bonds is 2. The van der Waals surface area contributed by atoms with Crippen LogP contribution in [0.25, 0.3) is 0 Å². The van der Waals surface area contributed by atoms with E-state index in [1.54, 1.807) is 0 Å². The highest BCUT2D eigenvalue weighted by Gasteiger charge is 2.59. The fourth-order valence-corrected chi connectivity index (χ4v) is 5.22. The van der Waals surface area contributed by atoms with E-state index in [1.165, 1.54) is 51.4 Å². The maximum absolute atomic E-state index is 4.08. The molecule has 3 rings (SSSR count). The molecule has 3 aliphatic rings. The fraction of sp³-hybridized carbons (Fsp3) is 1.00. The molecule has 0 aromatic carbocycles. The topological polar surface area (TPSA) is 12.0 Å². The van der Waals surface area contributed by atoms with Gasteiger partial charge in [0.2, 0.25) is 0 Å². The van der Waals surface area contributed by atoms with Gasteiger partial charge in [-0.2, -0.15) is 0 Å². The first kappa shape index (κ1) is 12.0. The van der Waals surface area contributed by atoms with Crippen molar-refractivity contribution in [3.8, 4) is 0 Å². The van der Waals surface area contributed by atoms with Crippen molar-refractivity contribution in [2.45, 2.75) is 84.2 Å². The summed E-state index contributed by atoms with van der Waals surface area (Å²) in [5.74, 6) is 0.980. The summed E-state index contributed by atoms with van der Waals surface area (Å²) >= 11 is 0. The molecule has 3 aliphatic carbocycles. The van der Waals surface area contributed by atoms with Crippen molar-refractivity contribution in [2.75, 3.05) is 0 Å². The van der Waals surface area contributed by atoms with Crippen molar-refractivity contribution in [1.29, 1.82) is 0 Å². The van der Waals surface area contributed by atoms with E-state index in [0.29, 0.717) is 10.8 Å². The highest BCUT2D eigenvalue weighted by Crippen LogP contribution is 2.62. The van der Waals surface area contributed by atoms with Crippen LogP contribution in [0.4, 0.5) is 0 Å². The van der Waals surface area contributed by atoms with Crippen LogP contribution in [0.2, 0.25) is 0 Å². The molecule has 3 unspecified atom stereocenters. The molecule has 1 heteroatoms. The molecular weight excluding hydrogens is 206 g/mol. The Balaban J connectivity index is 1.73. The smallest absolute Gasteiger partial charge is 0.0177 e. The number of fused-ring (bicyclic) bond motifs is 2. The molecule has 98 valence electrons. The lowest BCUT2D eigenvalue weighted by Gasteiger charge is -2.45. The molecule has 0 aromatic rings. The van der Waals surface area contributed by atoms with E-state index in [-0.39, 0.29) is 0 Å². The Morgan fingerprint density at radius 3 is 2.24 bits per heavy atom. The normalized spacial score (nSPS) is 45.4. The number of hydrogen-bond donors (Lipinski definition) is 1. The van der Waals surface area contributed by atoms with Crippen LogP contribution in [0.3, 0.4) is 0 Å². The molecule has 0 radical (unpaired) electrons. The average Bonchev–Trinajstić information content (AvgIpc) is 2.77. The maximum atomic E-state index is 4.08. The number of nitrogens with one attached hydrogen (secondary N) is 1. The minimum absolute atomic E-state index is 0.532. The Labute approximate surface area is 107 Å².